The second-order valence-corrected chi connectivity index (χ2v) is 5.03. The van der Waals surface area contributed by atoms with Gasteiger partial charge >= 0.3 is 0 Å². The first-order valence-electron chi connectivity index (χ1n) is 7.13. The molecule has 1 aromatic carbocycles. The van der Waals surface area contributed by atoms with E-state index in [0.717, 1.165) is 34.6 Å². The molecule has 1 rings (SSSR count). The lowest BCUT2D eigenvalue weighted by atomic mass is 10.0. The number of oxime groups is 1. The summed E-state index contributed by atoms with van der Waals surface area (Å²) in [5.74, 6) is 0. The minimum absolute atomic E-state index is 0.418. The average molecular weight is 287 g/mol. The van der Waals surface area contributed by atoms with Crippen molar-refractivity contribution in [3.05, 3.63) is 41.5 Å². The van der Waals surface area contributed by atoms with Gasteiger partial charge < -0.3 is 9.74 Å². The molecule has 0 saturated heterocycles. The summed E-state index contributed by atoms with van der Waals surface area (Å²) in [6.45, 7) is 13.1. The van der Waals surface area contributed by atoms with Crippen LogP contribution in [-0.2, 0) is 4.84 Å². The van der Waals surface area contributed by atoms with Crippen LogP contribution in [-0.4, -0.2) is 37.1 Å². The van der Waals surface area contributed by atoms with E-state index in [1.165, 1.54) is 0 Å². The van der Waals surface area contributed by atoms with Crippen molar-refractivity contribution in [1.82, 2.24) is 4.90 Å². The summed E-state index contributed by atoms with van der Waals surface area (Å²) in [6, 6.07) is 4.18. The molecule has 0 aromatic heterocycles. The van der Waals surface area contributed by atoms with Gasteiger partial charge in [-0.05, 0) is 51.0 Å². The van der Waals surface area contributed by atoms with Crippen molar-refractivity contribution in [3.8, 4) is 0 Å². The highest BCUT2D eigenvalue weighted by Gasteiger charge is 2.07. The molecule has 0 saturated carbocycles. The smallest absolute Gasteiger partial charge is 0.135 e. The van der Waals surface area contributed by atoms with Crippen LogP contribution in [0.5, 0.6) is 0 Å². The zero-order valence-corrected chi connectivity index (χ0v) is 13.7. The Morgan fingerprint density at radius 2 is 2.05 bits per heavy atom. The van der Waals surface area contributed by atoms with Crippen LogP contribution in [0, 0.1) is 13.8 Å². The fourth-order valence-corrected chi connectivity index (χ4v) is 1.81. The van der Waals surface area contributed by atoms with Crippen LogP contribution in [0.15, 0.2) is 34.9 Å². The van der Waals surface area contributed by atoms with Crippen LogP contribution in [0.1, 0.15) is 30.5 Å². The first-order valence-corrected chi connectivity index (χ1v) is 7.13. The van der Waals surface area contributed by atoms with Gasteiger partial charge in [-0.15, -0.1) is 0 Å². The van der Waals surface area contributed by atoms with E-state index in [4.69, 9.17) is 4.84 Å². The minimum Gasteiger partial charge on any atom is -0.391 e. The van der Waals surface area contributed by atoms with Gasteiger partial charge in [-0.1, -0.05) is 17.8 Å². The molecule has 0 fully saturated rings. The van der Waals surface area contributed by atoms with Gasteiger partial charge in [0.1, 0.15) is 6.61 Å². The number of hydrogen-bond acceptors (Lipinski definition) is 3. The second kappa shape index (κ2) is 8.25. The third-order valence-electron chi connectivity index (χ3n) is 3.22. The molecular weight excluding hydrogens is 262 g/mol. The molecule has 0 unspecified atom stereocenters. The highest BCUT2D eigenvalue weighted by atomic mass is 16.6. The van der Waals surface area contributed by atoms with Crippen molar-refractivity contribution in [3.63, 3.8) is 0 Å². The Balaban J connectivity index is 3.01. The predicted octanol–water partition coefficient (Wildman–Crippen LogP) is 3.84. The first kappa shape index (κ1) is 17.0. The number of nitrogens with zero attached hydrogens (tertiary/aromatic N) is 3. The molecule has 114 valence electrons. The Kier molecular flexibility index (Phi) is 6.66. The molecule has 0 spiro atoms. The number of benzene rings is 1. The number of aliphatic imine (C=N–C) groups is 1. The molecule has 1 aromatic rings. The Labute approximate surface area is 127 Å². The summed E-state index contributed by atoms with van der Waals surface area (Å²) in [4.78, 5) is 11.7. The molecule has 21 heavy (non-hydrogen) atoms. The zero-order valence-electron chi connectivity index (χ0n) is 13.7. The Morgan fingerprint density at radius 1 is 1.33 bits per heavy atom. The summed E-state index contributed by atoms with van der Waals surface area (Å²) in [5, 5.41) is 4.10. The number of hydrogen-bond donors (Lipinski definition) is 0. The maximum Gasteiger partial charge on any atom is 0.135 e. The standard InChI is InChI=1S/C17H25N3O/c1-7-9-21-19-15(5)16-10-14(4)17(11-13(16)3)18-12-20(6)8-2/h7,10-12H,1,8-9H2,2-6H3/b18-12-,19-15+. The van der Waals surface area contributed by atoms with Crippen molar-refractivity contribution in [2.45, 2.75) is 27.7 Å². The van der Waals surface area contributed by atoms with Crippen LogP contribution >= 0.6 is 0 Å². The van der Waals surface area contributed by atoms with E-state index in [1.54, 1.807) is 6.08 Å². The van der Waals surface area contributed by atoms with Crippen molar-refractivity contribution in [2.24, 2.45) is 10.1 Å². The molecule has 4 nitrogen and oxygen atoms in total. The van der Waals surface area contributed by atoms with Crippen LogP contribution < -0.4 is 0 Å². The molecule has 0 radical (unpaired) electrons. The maximum absolute atomic E-state index is 5.15. The third-order valence-corrected chi connectivity index (χ3v) is 3.22. The summed E-state index contributed by atoms with van der Waals surface area (Å²) in [5.41, 5.74) is 5.18. The molecule has 0 aliphatic carbocycles. The molecule has 0 atom stereocenters. The lowest BCUT2D eigenvalue weighted by molar-refractivity contribution is 0.175. The van der Waals surface area contributed by atoms with Crippen molar-refractivity contribution in [1.29, 1.82) is 0 Å². The van der Waals surface area contributed by atoms with Gasteiger partial charge in [0.2, 0.25) is 0 Å². The molecule has 0 amide bonds. The van der Waals surface area contributed by atoms with E-state index in [2.05, 4.69) is 49.6 Å². The Hall–Kier alpha value is -2.10. The van der Waals surface area contributed by atoms with E-state index in [-0.39, 0.29) is 0 Å². The highest BCUT2D eigenvalue weighted by molar-refractivity contribution is 6.00. The van der Waals surface area contributed by atoms with Crippen LogP contribution in [0.2, 0.25) is 0 Å². The van der Waals surface area contributed by atoms with E-state index in [9.17, 15) is 0 Å². The lowest BCUT2D eigenvalue weighted by Gasteiger charge is -2.11. The molecule has 0 aliphatic rings. The summed E-state index contributed by atoms with van der Waals surface area (Å²) >= 11 is 0. The van der Waals surface area contributed by atoms with E-state index in [0.29, 0.717) is 6.61 Å². The average Bonchev–Trinajstić information content (AvgIpc) is 2.47. The Bertz CT molecular complexity index is 547. The molecular formula is C17H25N3O. The normalized spacial score (nSPS) is 11.8. The van der Waals surface area contributed by atoms with Gasteiger partial charge in [0, 0.05) is 19.2 Å². The van der Waals surface area contributed by atoms with Crippen LogP contribution in [0.3, 0.4) is 0 Å². The van der Waals surface area contributed by atoms with Crippen molar-refractivity contribution < 1.29 is 4.84 Å². The summed E-state index contributed by atoms with van der Waals surface area (Å²) in [7, 11) is 2.01. The second-order valence-electron chi connectivity index (χ2n) is 5.03. The van der Waals surface area contributed by atoms with Crippen molar-refractivity contribution in [2.75, 3.05) is 20.2 Å². The minimum atomic E-state index is 0.418. The maximum atomic E-state index is 5.15. The largest absolute Gasteiger partial charge is 0.391 e. The lowest BCUT2D eigenvalue weighted by Crippen LogP contribution is -2.14. The molecule has 0 heterocycles. The summed E-state index contributed by atoms with van der Waals surface area (Å²) in [6.07, 6.45) is 3.53. The molecule has 0 bridgehead atoms. The Morgan fingerprint density at radius 3 is 2.67 bits per heavy atom. The van der Waals surface area contributed by atoms with Crippen LogP contribution in [0.25, 0.3) is 0 Å². The van der Waals surface area contributed by atoms with Gasteiger partial charge in [0.15, 0.2) is 0 Å². The monoisotopic (exact) mass is 287 g/mol. The highest BCUT2D eigenvalue weighted by Crippen LogP contribution is 2.23. The van der Waals surface area contributed by atoms with Gasteiger partial charge in [-0.2, -0.15) is 0 Å². The molecule has 0 N–H and O–H groups in total. The zero-order chi connectivity index (χ0) is 15.8. The van der Waals surface area contributed by atoms with Crippen LogP contribution in [0.4, 0.5) is 5.69 Å². The molecule has 4 heteroatoms. The van der Waals surface area contributed by atoms with Crippen molar-refractivity contribution >= 4 is 17.7 Å². The van der Waals surface area contributed by atoms with Gasteiger partial charge in [0.25, 0.3) is 0 Å². The van der Waals surface area contributed by atoms with Gasteiger partial charge in [0.05, 0.1) is 17.7 Å². The molecule has 0 aliphatic heterocycles. The first-order chi connectivity index (χ1) is 9.99. The fraction of sp³-hybridized carbons (Fsp3) is 0.412. The topological polar surface area (TPSA) is 37.2 Å². The van der Waals surface area contributed by atoms with E-state index < -0.39 is 0 Å². The van der Waals surface area contributed by atoms with Gasteiger partial charge in [-0.25, -0.2) is 4.99 Å². The number of aryl methyl sites for hydroxylation is 2. The third kappa shape index (κ3) is 5.06. The van der Waals surface area contributed by atoms with Gasteiger partial charge in [-0.3, -0.25) is 0 Å². The van der Waals surface area contributed by atoms with E-state index in [1.807, 2.05) is 25.2 Å². The fourth-order valence-electron chi connectivity index (χ4n) is 1.81. The van der Waals surface area contributed by atoms with E-state index >= 15 is 0 Å². The number of rotatable bonds is 7. The summed E-state index contributed by atoms with van der Waals surface area (Å²) < 4.78 is 0. The predicted molar refractivity (Wildman–Crippen MR) is 90.7 cm³/mol. The quantitative estimate of drug-likeness (QED) is 0.251. The SMILES string of the molecule is C=CCO/N=C(\C)c1cc(C)c(/N=C\N(C)CC)cc1C.